The van der Waals surface area contributed by atoms with Crippen LogP contribution in [0.1, 0.15) is 200 Å². The molecule has 0 fully saturated rings. The molecule has 0 radical (unpaired) electrons. The van der Waals surface area contributed by atoms with E-state index in [1.54, 1.807) is 6.08 Å². The van der Waals surface area contributed by atoms with Crippen LogP contribution in [-0.2, 0) is 18.4 Å². The van der Waals surface area contributed by atoms with Gasteiger partial charge in [-0.3, -0.25) is 13.8 Å². The van der Waals surface area contributed by atoms with E-state index in [4.69, 9.17) is 9.05 Å². The van der Waals surface area contributed by atoms with Gasteiger partial charge in [0.25, 0.3) is 0 Å². The number of rotatable bonds is 42. The number of carbonyl (C=O) groups excluding carboxylic acids is 1. The number of hydrogen-bond acceptors (Lipinski definition) is 5. The van der Waals surface area contributed by atoms with Crippen molar-refractivity contribution in [1.82, 2.24) is 5.32 Å². The van der Waals surface area contributed by atoms with Crippen LogP contribution in [0.5, 0.6) is 0 Å². The molecule has 334 valence electrons. The predicted octanol–water partition coefficient (Wildman–Crippen LogP) is 13.2. The Labute approximate surface area is 352 Å². The topological polar surface area (TPSA) is 105 Å². The van der Waals surface area contributed by atoms with Gasteiger partial charge in [-0.2, -0.15) is 0 Å². The number of allylic oxidation sites excluding steroid dienone is 7. The Morgan fingerprint density at radius 1 is 0.614 bits per heavy atom. The minimum absolute atomic E-state index is 0.0565. The van der Waals surface area contributed by atoms with E-state index in [0.717, 1.165) is 77.0 Å². The maximum Gasteiger partial charge on any atom is 0.472 e. The van der Waals surface area contributed by atoms with E-state index >= 15 is 0 Å². The molecule has 57 heavy (non-hydrogen) atoms. The molecule has 8 nitrogen and oxygen atoms in total. The van der Waals surface area contributed by atoms with Gasteiger partial charge in [-0.05, 0) is 51.4 Å². The summed E-state index contributed by atoms with van der Waals surface area (Å²) in [5.41, 5.74) is 0. The first-order chi connectivity index (χ1) is 27.5. The van der Waals surface area contributed by atoms with Crippen molar-refractivity contribution in [1.29, 1.82) is 0 Å². The van der Waals surface area contributed by atoms with E-state index in [1.165, 1.54) is 103 Å². The minimum Gasteiger partial charge on any atom is -0.387 e. The van der Waals surface area contributed by atoms with Crippen molar-refractivity contribution < 1.29 is 32.9 Å². The summed E-state index contributed by atoms with van der Waals surface area (Å²) < 4.78 is 23.6. The van der Waals surface area contributed by atoms with Gasteiger partial charge in [0.1, 0.15) is 13.2 Å². The van der Waals surface area contributed by atoms with Crippen molar-refractivity contribution in [2.75, 3.05) is 40.9 Å². The van der Waals surface area contributed by atoms with E-state index in [2.05, 4.69) is 55.6 Å². The fraction of sp³-hybridized carbons (Fsp3) is 0.812. The molecule has 9 heteroatoms. The van der Waals surface area contributed by atoms with E-state index in [0.29, 0.717) is 17.4 Å². The Bertz CT molecular complexity index is 1070. The number of aliphatic hydroxyl groups is 1. The summed E-state index contributed by atoms with van der Waals surface area (Å²) in [4.78, 5) is 23.1. The SMILES string of the molecule is CC/C=C\C/C=C\C/C=C\CCCCCCCC(=O)NC(COP(=O)(O)OCC[N+](C)(C)C)C(O)/C=C/CCCCCCCCCCCCCCCCCCCC. The van der Waals surface area contributed by atoms with Crippen LogP contribution in [-0.4, -0.2) is 73.4 Å². The van der Waals surface area contributed by atoms with Crippen molar-refractivity contribution in [3.8, 4) is 0 Å². The number of nitrogens with zero attached hydrogens (tertiary/aromatic N) is 1. The molecule has 3 N–H and O–H groups in total. The molecular weight excluding hydrogens is 732 g/mol. The third-order valence-corrected chi connectivity index (χ3v) is 11.3. The molecule has 0 aliphatic rings. The molecule has 0 bridgehead atoms. The van der Waals surface area contributed by atoms with Gasteiger partial charge in [-0.25, -0.2) is 4.57 Å². The first-order valence-electron chi connectivity index (χ1n) is 23.5. The van der Waals surface area contributed by atoms with E-state index in [1.807, 2.05) is 27.2 Å². The van der Waals surface area contributed by atoms with Crippen molar-refractivity contribution in [2.24, 2.45) is 0 Å². The molecule has 3 atom stereocenters. The molecule has 0 aliphatic heterocycles. The summed E-state index contributed by atoms with van der Waals surface area (Å²) in [5.74, 6) is -0.195. The zero-order valence-electron chi connectivity index (χ0n) is 37.8. The van der Waals surface area contributed by atoms with Crippen molar-refractivity contribution >= 4 is 13.7 Å². The zero-order valence-corrected chi connectivity index (χ0v) is 38.7. The molecule has 0 aromatic rings. The molecule has 0 rings (SSSR count). The van der Waals surface area contributed by atoms with Crippen LogP contribution >= 0.6 is 7.82 Å². The number of phosphoric ester groups is 1. The lowest BCUT2D eigenvalue weighted by Gasteiger charge is -2.25. The lowest BCUT2D eigenvalue weighted by molar-refractivity contribution is -0.870. The normalized spacial score (nSPS) is 14.7. The van der Waals surface area contributed by atoms with Gasteiger partial charge in [-0.1, -0.05) is 191 Å². The van der Waals surface area contributed by atoms with Crippen LogP contribution in [0.3, 0.4) is 0 Å². The highest BCUT2D eigenvalue weighted by molar-refractivity contribution is 7.47. The van der Waals surface area contributed by atoms with Crippen LogP contribution in [0, 0.1) is 0 Å². The third-order valence-electron chi connectivity index (χ3n) is 10.3. The van der Waals surface area contributed by atoms with E-state index in [9.17, 15) is 19.4 Å². The summed E-state index contributed by atoms with van der Waals surface area (Å²) in [7, 11) is 1.56. The maximum absolute atomic E-state index is 12.9. The lowest BCUT2D eigenvalue weighted by Crippen LogP contribution is -2.45. The van der Waals surface area contributed by atoms with Crippen LogP contribution < -0.4 is 5.32 Å². The second-order valence-corrected chi connectivity index (χ2v) is 18.6. The molecule has 0 saturated carbocycles. The molecule has 3 unspecified atom stereocenters. The highest BCUT2D eigenvalue weighted by Crippen LogP contribution is 2.43. The lowest BCUT2D eigenvalue weighted by atomic mass is 10.0. The smallest absolute Gasteiger partial charge is 0.387 e. The summed E-state index contributed by atoms with van der Waals surface area (Å²) >= 11 is 0. The van der Waals surface area contributed by atoms with Crippen molar-refractivity contribution in [2.45, 2.75) is 212 Å². The molecule has 1 amide bonds. The molecule has 0 aromatic carbocycles. The Morgan fingerprint density at radius 2 is 1.05 bits per heavy atom. The largest absolute Gasteiger partial charge is 0.472 e. The minimum atomic E-state index is -4.34. The summed E-state index contributed by atoms with van der Waals surface area (Å²) in [6.45, 7) is 4.69. The molecule has 0 aliphatic carbocycles. The molecule has 0 spiro atoms. The fourth-order valence-electron chi connectivity index (χ4n) is 6.58. The summed E-state index contributed by atoms with van der Waals surface area (Å²) in [6.07, 6.45) is 50.4. The molecule has 0 aromatic heterocycles. The van der Waals surface area contributed by atoms with E-state index in [-0.39, 0.29) is 19.1 Å². The maximum atomic E-state index is 12.9. The number of quaternary nitrogens is 1. The van der Waals surface area contributed by atoms with Gasteiger partial charge in [0.15, 0.2) is 0 Å². The van der Waals surface area contributed by atoms with Gasteiger partial charge < -0.3 is 19.8 Å². The summed E-state index contributed by atoms with van der Waals surface area (Å²) in [5, 5.41) is 13.8. The number of phosphoric acid groups is 1. The van der Waals surface area contributed by atoms with Gasteiger partial charge >= 0.3 is 7.82 Å². The molecule has 0 heterocycles. The Hall–Kier alpha value is -1.54. The highest BCUT2D eigenvalue weighted by Gasteiger charge is 2.27. The average Bonchev–Trinajstić information content (AvgIpc) is 3.16. The number of nitrogens with one attached hydrogen (secondary N) is 1. The Morgan fingerprint density at radius 3 is 1.54 bits per heavy atom. The number of aliphatic hydroxyl groups excluding tert-OH is 1. The number of unbranched alkanes of at least 4 members (excludes halogenated alkanes) is 23. The predicted molar refractivity (Wildman–Crippen MR) is 244 cm³/mol. The van der Waals surface area contributed by atoms with Crippen molar-refractivity contribution in [3.05, 3.63) is 48.6 Å². The van der Waals surface area contributed by atoms with Gasteiger partial charge in [-0.15, -0.1) is 0 Å². The monoisotopic (exact) mass is 824 g/mol. The van der Waals surface area contributed by atoms with Gasteiger partial charge in [0, 0.05) is 6.42 Å². The second-order valence-electron chi connectivity index (χ2n) is 17.1. The standard InChI is InChI=1S/C48H91N2O6P/c1-6-8-10-12-14-16-18-20-22-23-24-25-26-28-29-31-33-35-37-39-41-47(51)46(45-56-57(53,54)55-44-43-50(3,4)5)49-48(52)42-40-38-36-34-32-30-27-21-19-17-15-13-11-9-7-2/h9,11,15,17,21,27,39,41,46-47,51H,6-8,10,12-14,16,18-20,22-26,28-38,40,42-45H2,1-5H3,(H-,49,52,53,54)/p+1/b11-9-,17-15-,27-21-,41-39+. The Kier molecular flexibility index (Phi) is 38.8. The van der Waals surface area contributed by atoms with Gasteiger partial charge in [0.2, 0.25) is 5.91 Å². The highest BCUT2D eigenvalue weighted by atomic mass is 31.2. The zero-order chi connectivity index (χ0) is 42.1. The fourth-order valence-corrected chi connectivity index (χ4v) is 7.32. The average molecular weight is 824 g/mol. The number of carbonyl (C=O) groups is 1. The van der Waals surface area contributed by atoms with Crippen LogP contribution in [0.25, 0.3) is 0 Å². The molecular formula is C48H92N2O6P+. The number of hydrogen-bond donors (Lipinski definition) is 3. The molecule has 0 saturated heterocycles. The van der Waals surface area contributed by atoms with Gasteiger partial charge in [0.05, 0.1) is 39.9 Å². The summed E-state index contributed by atoms with van der Waals surface area (Å²) in [6, 6.07) is -0.856. The third kappa shape index (κ3) is 42.4. The number of likely N-dealkylation sites (N-methyl/N-ethyl adjacent to an activating group) is 1. The second kappa shape index (κ2) is 39.9. The number of amides is 1. The van der Waals surface area contributed by atoms with Crippen molar-refractivity contribution in [3.63, 3.8) is 0 Å². The van der Waals surface area contributed by atoms with Crippen LogP contribution in [0.15, 0.2) is 48.6 Å². The first kappa shape index (κ1) is 55.5. The quantitative estimate of drug-likeness (QED) is 0.0245. The van der Waals surface area contributed by atoms with E-state index < -0.39 is 20.0 Å². The Balaban J connectivity index is 4.39. The van der Waals surface area contributed by atoms with Crippen LogP contribution in [0.2, 0.25) is 0 Å². The van der Waals surface area contributed by atoms with Crippen LogP contribution in [0.4, 0.5) is 0 Å². The first-order valence-corrected chi connectivity index (χ1v) is 25.0.